The normalized spacial score (nSPS) is 10.9. The number of amides is 1. The van der Waals surface area contributed by atoms with E-state index in [4.69, 9.17) is 0 Å². The van der Waals surface area contributed by atoms with Crippen LogP contribution < -0.4 is 4.90 Å². The largest absolute Gasteiger partial charge is 0.323 e. The summed E-state index contributed by atoms with van der Waals surface area (Å²) in [6, 6.07) is 17.2. The lowest BCUT2D eigenvalue weighted by atomic mass is 10.2. The summed E-state index contributed by atoms with van der Waals surface area (Å²) >= 11 is 0. The molecule has 22 heavy (non-hydrogen) atoms. The van der Waals surface area contributed by atoms with Crippen LogP contribution in [0.5, 0.6) is 0 Å². The van der Waals surface area contributed by atoms with E-state index in [1.54, 1.807) is 6.20 Å². The van der Waals surface area contributed by atoms with Crippen molar-refractivity contribution < 1.29 is 4.79 Å². The molecule has 1 N–H and O–H groups in total. The summed E-state index contributed by atoms with van der Waals surface area (Å²) in [4.78, 5) is 25.2. The predicted octanol–water partition coefficient (Wildman–Crippen LogP) is 3.41. The van der Waals surface area contributed by atoms with Crippen LogP contribution in [0.2, 0.25) is 0 Å². The van der Waals surface area contributed by atoms with Gasteiger partial charge in [0.25, 0.3) is 0 Å². The molecular weight excluding hydrogens is 276 g/mol. The lowest BCUT2D eigenvalue weighted by Gasteiger charge is -2.15. The number of carbonyl (C=O) groups is 1. The van der Waals surface area contributed by atoms with Gasteiger partial charge in [0.05, 0.1) is 22.2 Å². The van der Waals surface area contributed by atoms with E-state index in [9.17, 15) is 4.79 Å². The first kappa shape index (κ1) is 12.5. The number of benzene rings is 2. The van der Waals surface area contributed by atoms with E-state index in [0.717, 1.165) is 28.3 Å². The fraction of sp³-hybridized carbons (Fsp3) is 0. The van der Waals surface area contributed by atoms with Crippen molar-refractivity contribution in [1.82, 2.24) is 15.0 Å². The quantitative estimate of drug-likeness (QED) is 0.588. The van der Waals surface area contributed by atoms with Crippen LogP contribution in [0.25, 0.3) is 21.9 Å². The number of aromatic amines is 1. The standard InChI is InChI=1S/C17H12N4O/c22-11-21(17-19-13-7-1-2-8-14(13)20-17)15-9-3-5-12-6-4-10-18-16(12)15/h1-11H,(H,19,20). The van der Waals surface area contributed by atoms with E-state index in [2.05, 4.69) is 15.0 Å². The number of imidazole rings is 1. The molecule has 0 unspecified atom stereocenters. The third-order valence-corrected chi connectivity index (χ3v) is 3.58. The molecule has 2 heterocycles. The van der Waals surface area contributed by atoms with Crippen LogP contribution in [-0.2, 0) is 4.79 Å². The Morgan fingerprint density at radius 1 is 1.00 bits per heavy atom. The molecule has 5 nitrogen and oxygen atoms in total. The third kappa shape index (κ3) is 1.91. The molecule has 2 aromatic heterocycles. The van der Waals surface area contributed by atoms with Gasteiger partial charge in [-0.2, -0.15) is 0 Å². The van der Waals surface area contributed by atoms with E-state index in [1.807, 2.05) is 54.6 Å². The molecule has 1 amide bonds. The van der Waals surface area contributed by atoms with Crippen molar-refractivity contribution >= 4 is 40.0 Å². The van der Waals surface area contributed by atoms with Crippen LogP contribution in [-0.4, -0.2) is 21.4 Å². The van der Waals surface area contributed by atoms with Crippen LogP contribution >= 0.6 is 0 Å². The molecule has 0 bridgehead atoms. The smallest absolute Gasteiger partial charge is 0.221 e. The van der Waals surface area contributed by atoms with Crippen molar-refractivity contribution in [2.45, 2.75) is 0 Å². The number of rotatable bonds is 3. The number of H-pyrrole nitrogens is 1. The van der Waals surface area contributed by atoms with Crippen molar-refractivity contribution in [3.05, 3.63) is 60.8 Å². The fourth-order valence-electron chi connectivity index (χ4n) is 2.56. The van der Waals surface area contributed by atoms with Gasteiger partial charge in [-0.1, -0.05) is 30.3 Å². The Hall–Kier alpha value is -3.21. The topological polar surface area (TPSA) is 61.9 Å². The minimum atomic E-state index is 0.481. The first-order valence-electron chi connectivity index (χ1n) is 6.90. The summed E-state index contributed by atoms with van der Waals surface area (Å²) < 4.78 is 0. The Bertz CT molecular complexity index is 938. The van der Waals surface area contributed by atoms with Crippen LogP contribution in [0.1, 0.15) is 0 Å². The second kappa shape index (κ2) is 4.96. The second-order valence-corrected chi connectivity index (χ2v) is 4.91. The summed E-state index contributed by atoms with van der Waals surface area (Å²) in [5.41, 5.74) is 3.17. The van der Waals surface area contributed by atoms with Crippen LogP contribution in [0.15, 0.2) is 60.8 Å². The Kier molecular flexibility index (Phi) is 2.83. The van der Waals surface area contributed by atoms with Crippen molar-refractivity contribution in [2.75, 3.05) is 4.90 Å². The Morgan fingerprint density at radius 3 is 2.73 bits per heavy atom. The van der Waals surface area contributed by atoms with Gasteiger partial charge >= 0.3 is 0 Å². The monoisotopic (exact) mass is 288 g/mol. The van der Waals surface area contributed by atoms with Gasteiger partial charge in [0.1, 0.15) is 0 Å². The predicted molar refractivity (Wildman–Crippen MR) is 86.0 cm³/mol. The number of fused-ring (bicyclic) bond motifs is 2. The van der Waals surface area contributed by atoms with Crippen molar-refractivity contribution in [3.63, 3.8) is 0 Å². The summed E-state index contributed by atoms with van der Waals surface area (Å²) in [5.74, 6) is 0.481. The fourth-order valence-corrected chi connectivity index (χ4v) is 2.56. The molecule has 0 radical (unpaired) electrons. The Morgan fingerprint density at radius 2 is 1.86 bits per heavy atom. The number of hydrogen-bond donors (Lipinski definition) is 1. The molecule has 2 aromatic carbocycles. The van der Waals surface area contributed by atoms with Crippen LogP contribution in [0.3, 0.4) is 0 Å². The number of carbonyl (C=O) groups excluding carboxylic acids is 1. The molecule has 0 saturated carbocycles. The van der Waals surface area contributed by atoms with E-state index < -0.39 is 0 Å². The molecule has 4 rings (SSSR count). The van der Waals surface area contributed by atoms with Gasteiger partial charge in [-0.3, -0.25) is 14.7 Å². The molecule has 0 aliphatic carbocycles. The maximum absolute atomic E-state index is 11.7. The van der Waals surface area contributed by atoms with Gasteiger partial charge in [0, 0.05) is 11.6 Å². The SMILES string of the molecule is O=CN(c1nc2ccccc2[nH]1)c1cccc2cccnc12. The van der Waals surface area contributed by atoms with E-state index >= 15 is 0 Å². The number of para-hydroxylation sites is 3. The van der Waals surface area contributed by atoms with E-state index in [1.165, 1.54) is 4.90 Å². The molecule has 0 aliphatic rings. The summed E-state index contributed by atoms with van der Waals surface area (Å²) in [6.07, 6.45) is 2.47. The zero-order valence-corrected chi connectivity index (χ0v) is 11.6. The minimum Gasteiger partial charge on any atom is -0.323 e. The summed E-state index contributed by atoms with van der Waals surface area (Å²) in [5, 5.41) is 0.975. The van der Waals surface area contributed by atoms with Crippen LogP contribution in [0.4, 0.5) is 11.6 Å². The van der Waals surface area contributed by atoms with Gasteiger partial charge in [-0.15, -0.1) is 0 Å². The van der Waals surface area contributed by atoms with Crippen LogP contribution in [0, 0.1) is 0 Å². The number of anilines is 2. The number of pyridine rings is 1. The van der Waals surface area contributed by atoms with Crippen molar-refractivity contribution in [2.24, 2.45) is 0 Å². The lowest BCUT2D eigenvalue weighted by molar-refractivity contribution is -0.106. The van der Waals surface area contributed by atoms with Crippen molar-refractivity contribution in [3.8, 4) is 0 Å². The van der Waals surface area contributed by atoms with E-state index in [0.29, 0.717) is 11.6 Å². The molecule has 0 saturated heterocycles. The summed E-state index contributed by atoms with van der Waals surface area (Å²) in [6.45, 7) is 0. The number of aromatic nitrogens is 3. The third-order valence-electron chi connectivity index (χ3n) is 3.58. The molecular formula is C17H12N4O. The average Bonchev–Trinajstić information content (AvgIpc) is 2.99. The average molecular weight is 288 g/mol. The number of nitrogens with one attached hydrogen (secondary N) is 1. The molecule has 0 fully saturated rings. The van der Waals surface area contributed by atoms with Gasteiger partial charge < -0.3 is 4.98 Å². The van der Waals surface area contributed by atoms with E-state index in [-0.39, 0.29) is 0 Å². The number of hydrogen-bond acceptors (Lipinski definition) is 3. The van der Waals surface area contributed by atoms with Gasteiger partial charge in [-0.05, 0) is 24.3 Å². The van der Waals surface area contributed by atoms with Crippen molar-refractivity contribution in [1.29, 1.82) is 0 Å². The maximum Gasteiger partial charge on any atom is 0.221 e. The Balaban J connectivity index is 1.92. The summed E-state index contributed by atoms with van der Waals surface area (Å²) in [7, 11) is 0. The molecule has 0 spiro atoms. The maximum atomic E-state index is 11.7. The highest BCUT2D eigenvalue weighted by Gasteiger charge is 2.15. The molecule has 5 heteroatoms. The minimum absolute atomic E-state index is 0.481. The highest BCUT2D eigenvalue weighted by Crippen LogP contribution is 2.29. The Labute approximate surface area is 126 Å². The highest BCUT2D eigenvalue weighted by molar-refractivity contribution is 5.99. The van der Waals surface area contributed by atoms with Gasteiger partial charge in [0.15, 0.2) is 0 Å². The zero-order valence-electron chi connectivity index (χ0n) is 11.6. The highest BCUT2D eigenvalue weighted by atomic mass is 16.1. The lowest BCUT2D eigenvalue weighted by Crippen LogP contribution is -2.16. The zero-order chi connectivity index (χ0) is 14.9. The van der Waals surface area contributed by atoms with Gasteiger partial charge in [0.2, 0.25) is 12.4 Å². The van der Waals surface area contributed by atoms with Gasteiger partial charge in [-0.25, -0.2) is 4.98 Å². The molecule has 106 valence electrons. The first-order valence-corrected chi connectivity index (χ1v) is 6.90. The number of nitrogens with zero attached hydrogens (tertiary/aromatic N) is 3. The first-order chi connectivity index (χ1) is 10.9. The molecule has 0 atom stereocenters. The molecule has 0 aliphatic heterocycles. The molecule has 4 aromatic rings. The second-order valence-electron chi connectivity index (χ2n) is 4.91.